The lowest BCUT2D eigenvalue weighted by Crippen LogP contribution is -2.23. The molecule has 0 aromatic heterocycles. The summed E-state index contributed by atoms with van der Waals surface area (Å²) in [6.45, 7) is 4.41. The second-order valence-corrected chi connectivity index (χ2v) is 12.2. The molecule has 32 heavy (non-hydrogen) atoms. The lowest BCUT2D eigenvalue weighted by atomic mass is 10.1. The van der Waals surface area contributed by atoms with Crippen LogP contribution in [0.15, 0.2) is 29.8 Å². The summed E-state index contributed by atoms with van der Waals surface area (Å²) in [5, 5.41) is 11.5. The molecule has 0 amide bonds. The van der Waals surface area contributed by atoms with Crippen LogP contribution in [0.4, 0.5) is 5.69 Å². The van der Waals surface area contributed by atoms with Crippen molar-refractivity contribution in [1.29, 1.82) is 0 Å². The first-order chi connectivity index (χ1) is 15.3. The van der Waals surface area contributed by atoms with Crippen LogP contribution in [0.25, 0.3) is 5.76 Å². The van der Waals surface area contributed by atoms with E-state index in [1.54, 1.807) is 0 Å². The van der Waals surface area contributed by atoms with Gasteiger partial charge in [-0.15, -0.1) is 0 Å². The van der Waals surface area contributed by atoms with E-state index in [9.17, 15) is 19.7 Å². The molecule has 1 aliphatic rings. The highest BCUT2D eigenvalue weighted by Gasteiger charge is 2.41. The molecule has 0 saturated carbocycles. The molecular weight excluding hydrogens is 429 g/mol. The van der Waals surface area contributed by atoms with E-state index in [-0.39, 0.29) is 17.0 Å². The van der Waals surface area contributed by atoms with Gasteiger partial charge in [0.15, 0.2) is 5.76 Å². The number of nitrogens with zero attached hydrogens (tertiary/aromatic N) is 1. The number of rotatable bonds is 12. The number of ether oxygens (including phenoxy) is 2. The number of methoxy groups -OCH3 is 1. The summed E-state index contributed by atoms with van der Waals surface area (Å²) in [5.41, 5.74) is 0.597. The molecule has 0 atom stereocenters. The minimum absolute atomic E-state index is 0.0711. The van der Waals surface area contributed by atoms with Crippen LogP contribution in [0.1, 0.15) is 64.9 Å². The third kappa shape index (κ3) is 5.69. The zero-order chi connectivity index (χ0) is 23.7. The van der Waals surface area contributed by atoms with Crippen LogP contribution in [0.2, 0.25) is 0 Å². The number of non-ortho nitro benzene ring substituents is 1. The Kier molecular flexibility index (Phi) is 9.70. The maximum Gasteiger partial charge on any atom is 0.344 e. The molecule has 0 aliphatic carbocycles. The predicted octanol–water partition coefficient (Wildman–Crippen LogP) is 5.63. The number of esters is 2. The molecule has 1 aromatic rings. The van der Waals surface area contributed by atoms with Gasteiger partial charge in [-0.05, 0) is 49.9 Å². The molecule has 1 aliphatic heterocycles. The van der Waals surface area contributed by atoms with Crippen LogP contribution in [0.5, 0.6) is 0 Å². The number of nitro groups is 1. The fourth-order valence-electron chi connectivity index (χ4n) is 4.11. The number of nitro benzene ring substituents is 1. The van der Waals surface area contributed by atoms with Gasteiger partial charge in [-0.1, -0.05) is 46.9 Å². The number of cyclic esters (lactones) is 1. The molecular formula is C24H34NO6P. The largest absolute Gasteiger partial charge is 0.465 e. The van der Waals surface area contributed by atoms with Gasteiger partial charge in [0.2, 0.25) is 0 Å². The van der Waals surface area contributed by atoms with Crippen molar-refractivity contribution >= 4 is 35.6 Å². The number of carbonyl (C=O) groups is 2. The molecule has 0 spiro atoms. The van der Waals surface area contributed by atoms with Crippen molar-refractivity contribution in [3.05, 3.63) is 45.5 Å². The molecule has 2 rings (SSSR count). The van der Waals surface area contributed by atoms with Gasteiger partial charge in [-0.25, -0.2) is 9.59 Å². The number of hydrogen-bond acceptors (Lipinski definition) is 6. The van der Waals surface area contributed by atoms with Gasteiger partial charge in [-0.2, -0.15) is 0 Å². The second-order valence-electron chi connectivity index (χ2n) is 8.11. The van der Waals surface area contributed by atoms with Crippen molar-refractivity contribution < 1.29 is 24.0 Å². The standard InChI is InChI=1S/C24H34NO6P/c1-5-8-15-32(16-9-6-2,17-10-7-3)22-20(23(26)30-4)21(31-24(22)27)18-11-13-19(14-12-18)25(28)29/h11-14H,5-10,15-17H2,1-4H3. The van der Waals surface area contributed by atoms with E-state index < -0.39 is 23.7 Å². The monoisotopic (exact) mass is 463 g/mol. The van der Waals surface area contributed by atoms with Crippen molar-refractivity contribution in [1.82, 2.24) is 0 Å². The number of unbranched alkanes of at least 4 members (excludes halogenated alkanes) is 3. The van der Waals surface area contributed by atoms with Crippen molar-refractivity contribution in [2.45, 2.75) is 59.3 Å². The normalized spacial score (nSPS) is 14.0. The molecule has 7 nitrogen and oxygen atoms in total. The smallest absolute Gasteiger partial charge is 0.344 e. The Hall–Kier alpha value is -2.40. The third-order valence-electron chi connectivity index (χ3n) is 5.88. The van der Waals surface area contributed by atoms with E-state index in [0.29, 0.717) is 10.9 Å². The van der Waals surface area contributed by atoms with Crippen molar-refractivity contribution in [3.8, 4) is 0 Å². The summed E-state index contributed by atoms with van der Waals surface area (Å²) in [6.07, 6.45) is 8.70. The molecule has 1 heterocycles. The highest BCUT2D eigenvalue weighted by molar-refractivity contribution is 7.78. The molecule has 1 aromatic carbocycles. The Morgan fingerprint density at radius 2 is 1.50 bits per heavy atom. The molecule has 0 saturated heterocycles. The summed E-state index contributed by atoms with van der Waals surface area (Å²) < 4.78 is 10.8. The Bertz CT molecular complexity index is 904. The van der Waals surface area contributed by atoms with Gasteiger partial charge in [0.25, 0.3) is 5.69 Å². The van der Waals surface area contributed by atoms with Gasteiger partial charge in [0, 0.05) is 17.7 Å². The van der Waals surface area contributed by atoms with Crippen LogP contribution in [0.3, 0.4) is 0 Å². The molecule has 0 bridgehead atoms. The first kappa shape index (κ1) is 25.9. The highest BCUT2D eigenvalue weighted by Crippen LogP contribution is 2.55. The quantitative estimate of drug-likeness (QED) is 0.173. The van der Waals surface area contributed by atoms with Crippen LogP contribution in [0, 0.1) is 10.1 Å². The highest BCUT2D eigenvalue weighted by atomic mass is 31.2. The average molecular weight is 464 g/mol. The second kappa shape index (κ2) is 12.0. The van der Waals surface area contributed by atoms with E-state index in [1.165, 1.54) is 31.4 Å². The number of hydrogen-bond donors (Lipinski definition) is 0. The van der Waals surface area contributed by atoms with Gasteiger partial charge in [0.1, 0.15) is 5.57 Å². The van der Waals surface area contributed by atoms with E-state index in [4.69, 9.17) is 9.47 Å². The molecule has 0 unspecified atom stereocenters. The summed E-state index contributed by atoms with van der Waals surface area (Å²) in [6, 6.07) is 5.71. The zero-order valence-corrected chi connectivity index (χ0v) is 20.4. The maximum absolute atomic E-state index is 13.3. The average Bonchev–Trinajstić information content (AvgIpc) is 3.16. The van der Waals surface area contributed by atoms with Gasteiger partial charge >= 0.3 is 11.9 Å². The Morgan fingerprint density at radius 1 is 1.00 bits per heavy atom. The summed E-state index contributed by atoms with van der Waals surface area (Å²) in [4.78, 5) is 36.8. The van der Waals surface area contributed by atoms with Crippen molar-refractivity contribution in [2.24, 2.45) is 0 Å². The van der Waals surface area contributed by atoms with Crippen molar-refractivity contribution in [3.63, 3.8) is 0 Å². The maximum atomic E-state index is 13.3. The van der Waals surface area contributed by atoms with Crippen LogP contribution in [-0.2, 0) is 19.1 Å². The molecule has 176 valence electrons. The Labute approximate surface area is 190 Å². The lowest BCUT2D eigenvalue weighted by molar-refractivity contribution is -0.384. The van der Waals surface area contributed by atoms with Crippen LogP contribution in [-0.4, -0.2) is 47.8 Å². The van der Waals surface area contributed by atoms with E-state index in [2.05, 4.69) is 20.8 Å². The van der Waals surface area contributed by atoms with Gasteiger partial charge in [0.05, 0.1) is 17.3 Å². The molecule has 0 N–H and O–H groups in total. The van der Waals surface area contributed by atoms with E-state index in [0.717, 1.165) is 57.0 Å². The van der Waals surface area contributed by atoms with Crippen LogP contribution < -0.4 is 0 Å². The predicted molar refractivity (Wildman–Crippen MR) is 129 cm³/mol. The minimum atomic E-state index is -1.98. The van der Waals surface area contributed by atoms with Crippen molar-refractivity contribution in [2.75, 3.05) is 25.6 Å². The van der Waals surface area contributed by atoms with Gasteiger partial charge < -0.3 is 9.47 Å². The Morgan fingerprint density at radius 3 is 1.91 bits per heavy atom. The number of benzene rings is 1. The first-order valence-corrected chi connectivity index (χ1v) is 13.7. The SMILES string of the molecule is CCCCP(CCCC)(CCCC)=C1C(=O)OC(c2ccc([N+](=O)[O-])cc2)=C1C(=O)OC. The van der Waals surface area contributed by atoms with E-state index in [1.807, 2.05) is 0 Å². The topological polar surface area (TPSA) is 95.7 Å². The Balaban J connectivity index is 2.80. The third-order valence-corrected chi connectivity index (χ3v) is 10.7. The zero-order valence-electron chi connectivity index (χ0n) is 19.5. The fourth-order valence-corrected chi connectivity index (χ4v) is 9.32. The summed E-state index contributed by atoms with van der Waals surface area (Å²) >= 11 is 0. The summed E-state index contributed by atoms with van der Waals surface area (Å²) in [7, 11) is 1.30. The van der Waals surface area contributed by atoms with Gasteiger partial charge in [-0.3, -0.25) is 10.1 Å². The van der Waals surface area contributed by atoms with Crippen LogP contribution >= 0.6 is 6.89 Å². The molecule has 0 radical (unpaired) electrons. The fraction of sp³-hybridized carbons (Fsp3) is 0.542. The first-order valence-electron chi connectivity index (χ1n) is 11.4. The minimum Gasteiger partial charge on any atom is -0.465 e. The van der Waals surface area contributed by atoms with E-state index >= 15 is 0 Å². The summed E-state index contributed by atoms with van der Waals surface area (Å²) in [5.74, 6) is -0.899. The number of carbonyl (C=O) groups excluding carboxylic acids is 2. The lowest BCUT2D eigenvalue weighted by Gasteiger charge is -2.29. The molecule has 0 fully saturated rings. The molecule has 8 heteroatoms.